The summed E-state index contributed by atoms with van der Waals surface area (Å²) < 4.78 is 33.1. The molecule has 5 nitrogen and oxygen atoms in total. The van der Waals surface area contributed by atoms with Crippen LogP contribution in [-0.2, 0) is 16.6 Å². The number of rotatable bonds is 8. The van der Waals surface area contributed by atoms with E-state index in [2.05, 4.69) is 4.72 Å². The van der Waals surface area contributed by atoms with Crippen LogP contribution >= 0.6 is 0 Å². The normalized spacial score (nSPS) is 12.4. The molecule has 0 saturated heterocycles. The zero-order valence-electron chi connectivity index (χ0n) is 13.3. The summed E-state index contributed by atoms with van der Waals surface area (Å²) >= 11 is 0. The molecule has 0 radical (unpaired) electrons. The summed E-state index contributed by atoms with van der Waals surface area (Å²) in [6, 6.07) is 4.81. The van der Waals surface area contributed by atoms with Crippen molar-refractivity contribution >= 4 is 10.0 Å². The predicted octanol–water partition coefficient (Wildman–Crippen LogP) is 2.40. The van der Waals surface area contributed by atoms with Crippen LogP contribution in [-0.4, -0.2) is 20.6 Å². The van der Waals surface area contributed by atoms with E-state index in [0.29, 0.717) is 24.3 Å². The Hall–Kier alpha value is -1.11. The number of sulfonamides is 1. The zero-order chi connectivity index (χ0) is 16.1. The van der Waals surface area contributed by atoms with Gasteiger partial charge >= 0.3 is 0 Å². The van der Waals surface area contributed by atoms with Crippen molar-refractivity contribution in [2.45, 2.75) is 57.5 Å². The highest BCUT2D eigenvalue weighted by molar-refractivity contribution is 7.89. The molecule has 1 aromatic carbocycles. The third kappa shape index (κ3) is 4.98. The molecule has 0 atom stereocenters. The highest BCUT2D eigenvalue weighted by Crippen LogP contribution is 2.24. The van der Waals surface area contributed by atoms with Crippen LogP contribution in [0, 0.1) is 0 Å². The Bertz CT molecular complexity index is 568. The van der Waals surface area contributed by atoms with E-state index in [9.17, 15) is 8.42 Å². The summed E-state index contributed by atoms with van der Waals surface area (Å²) in [6.07, 6.45) is 1.59. The van der Waals surface area contributed by atoms with Gasteiger partial charge in [-0.3, -0.25) is 0 Å². The topological polar surface area (TPSA) is 81.4 Å². The van der Waals surface area contributed by atoms with Crippen LogP contribution in [0.2, 0.25) is 0 Å². The fraction of sp³-hybridized carbons (Fsp3) is 0.600. The smallest absolute Gasteiger partial charge is 0.241 e. The number of nitrogens with one attached hydrogen (secondary N) is 1. The van der Waals surface area contributed by atoms with Crippen molar-refractivity contribution < 1.29 is 13.2 Å². The summed E-state index contributed by atoms with van der Waals surface area (Å²) in [5, 5.41) is 0. The van der Waals surface area contributed by atoms with Gasteiger partial charge in [0, 0.05) is 17.6 Å². The Balaban J connectivity index is 3.08. The molecule has 1 rings (SSSR count). The van der Waals surface area contributed by atoms with Gasteiger partial charge in [-0.2, -0.15) is 0 Å². The van der Waals surface area contributed by atoms with Crippen molar-refractivity contribution in [1.29, 1.82) is 0 Å². The number of hydrogen-bond donors (Lipinski definition) is 2. The van der Waals surface area contributed by atoms with E-state index in [-0.39, 0.29) is 11.4 Å². The molecule has 0 spiro atoms. The third-order valence-corrected chi connectivity index (χ3v) is 5.01. The van der Waals surface area contributed by atoms with Crippen molar-refractivity contribution in [1.82, 2.24) is 4.72 Å². The second-order valence-corrected chi connectivity index (χ2v) is 7.35. The molecule has 0 saturated carbocycles. The van der Waals surface area contributed by atoms with E-state index in [1.54, 1.807) is 18.2 Å². The third-order valence-electron chi connectivity index (χ3n) is 3.32. The van der Waals surface area contributed by atoms with Gasteiger partial charge in [-0.25, -0.2) is 13.1 Å². The van der Waals surface area contributed by atoms with Gasteiger partial charge in [0.15, 0.2) is 0 Å². The molecule has 0 heterocycles. The number of ether oxygens (including phenoxy) is 1. The first-order chi connectivity index (χ1) is 9.75. The Morgan fingerprint density at radius 3 is 2.48 bits per heavy atom. The van der Waals surface area contributed by atoms with Crippen LogP contribution in [0.1, 0.15) is 46.1 Å². The Kier molecular flexibility index (Phi) is 6.19. The first-order valence-corrected chi connectivity index (χ1v) is 8.74. The molecule has 6 heteroatoms. The maximum Gasteiger partial charge on any atom is 0.241 e. The number of benzene rings is 1. The zero-order valence-corrected chi connectivity index (χ0v) is 14.1. The fourth-order valence-corrected chi connectivity index (χ4v) is 3.26. The largest absolute Gasteiger partial charge is 0.493 e. The molecule has 0 aromatic heterocycles. The molecule has 0 aliphatic rings. The SMILES string of the molecule is CCCOc1ccc(S(=O)(=O)NC(C)(C)CC)cc1CN. The lowest BCUT2D eigenvalue weighted by molar-refractivity contribution is 0.314. The summed E-state index contributed by atoms with van der Waals surface area (Å²) in [5.41, 5.74) is 5.90. The minimum atomic E-state index is -3.56. The lowest BCUT2D eigenvalue weighted by Crippen LogP contribution is -2.42. The van der Waals surface area contributed by atoms with E-state index in [4.69, 9.17) is 10.5 Å². The standard InChI is InChI=1S/C15H26N2O3S/c1-5-9-20-14-8-7-13(10-12(14)11-16)21(18,19)17-15(3,4)6-2/h7-8,10,17H,5-6,9,11,16H2,1-4H3. The maximum absolute atomic E-state index is 12.4. The van der Waals surface area contributed by atoms with E-state index in [1.807, 2.05) is 27.7 Å². The van der Waals surface area contributed by atoms with Crippen molar-refractivity contribution in [2.75, 3.05) is 6.61 Å². The summed E-state index contributed by atoms with van der Waals surface area (Å²) in [4.78, 5) is 0.216. The first kappa shape index (κ1) is 17.9. The Labute approximate surface area is 127 Å². The molecule has 0 fully saturated rings. The fourth-order valence-electron chi connectivity index (χ4n) is 1.73. The quantitative estimate of drug-likeness (QED) is 0.772. The average Bonchev–Trinajstić information content (AvgIpc) is 2.43. The van der Waals surface area contributed by atoms with Crippen molar-refractivity contribution in [3.63, 3.8) is 0 Å². The van der Waals surface area contributed by atoms with Crippen LogP contribution in [0.5, 0.6) is 5.75 Å². The van der Waals surface area contributed by atoms with Gasteiger partial charge in [0.05, 0.1) is 11.5 Å². The van der Waals surface area contributed by atoms with Crippen LogP contribution in [0.3, 0.4) is 0 Å². The van der Waals surface area contributed by atoms with Crippen LogP contribution < -0.4 is 15.2 Å². The van der Waals surface area contributed by atoms with Gasteiger partial charge in [-0.1, -0.05) is 13.8 Å². The predicted molar refractivity (Wildman–Crippen MR) is 84.8 cm³/mol. The summed E-state index contributed by atoms with van der Waals surface area (Å²) in [6.45, 7) is 8.48. The highest BCUT2D eigenvalue weighted by Gasteiger charge is 2.25. The molecule has 21 heavy (non-hydrogen) atoms. The summed E-state index contributed by atoms with van der Waals surface area (Å²) in [7, 11) is -3.56. The summed E-state index contributed by atoms with van der Waals surface area (Å²) in [5.74, 6) is 0.646. The second-order valence-electron chi connectivity index (χ2n) is 5.67. The van der Waals surface area contributed by atoms with Crippen LogP contribution in [0.4, 0.5) is 0 Å². The number of nitrogens with two attached hydrogens (primary N) is 1. The molecule has 0 unspecified atom stereocenters. The van der Waals surface area contributed by atoms with E-state index >= 15 is 0 Å². The highest BCUT2D eigenvalue weighted by atomic mass is 32.2. The lowest BCUT2D eigenvalue weighted by Gasteiger charge is -2.24. The first-order valence-electron chi connectivity index (χ1n) is 7.25. The molecule has 1 aromatic rings. The molecular formula is C15H26N2O3S. The Morgan fingerprint density at radius 2 is 1.95 bits per heavy atom. The van der Waals surface area contributed by atoms with E-state index < -0.39 is 15.6 Å². The minimum absolute atomic E-state index is 0.216. The van der Waals surface area contributed by atoms with Crippen molar-refractivity contribution in [3.05, 3.63) is 23.8 Å². The molecule has 0 aliphatic heterocycles. The monoisotopic (exact) mass is 314 g/mol. The Morgan fingerprint density at radius 1 is 1.29 bits per heavy atom. The molecule has 0 aliphatic carbocycles. The van der Waals surface area contributed by atoms with Gasteiger partial charge in [-0.15, -0.1) is 0 Å². The van der Waals surface area contributed by atoms with Gasteiger partial charge < -0.3 is 10.5 Å². The number of hydrogen-bond acceptors (Lipinski definition) is 4. The molecule has 120 valence electrons. The van der Waals surface area contributed by atoms with Gasteiger partial charge in [-0.05, 0) is 44.9 Å². The van der Waals surface area contributed by atoms with Gasteiger partial charge in [0.2, 0.25) is 10.0 Å². The van der Waals surface area contributed by atoms with Gasteiger partial charge in [0.1, 0.15) is 5.75 Å². The lowest BCUT2D eigenvalue weighted by atomic mass is 10.0. The van der Waals surface area contributed by atoms with Crippen molar-refractivity contribution in [2.24, 2.45) is 5.73 Å². The molecule has 3 N–H and O–H groups in total. The maximum atomic E-state index is 12.4. The van der Waals surface area contributed by atoms with E-state index in [1.165, 1.54) is 0 Å². The second kappa shape index (κ2) is 7.24. The molecular weight excluding hydrogens is 288 g/mol. The van der Waals surface area contributed by atoms with Crippen LogP contribution in [0.15, 0.2) is 23.1 Å². The molecule has 0 bridgehead atoms. The molecule has 0 amide bonds. The minimum Gasteiger partial charge on any atom is -0.493 e. The van der Waals surface area contributed by atoms with Gasteiger partial charge in [0.25, 0.3) is 0 Å². The average molecular weight is 314 g/mol. The van der Waals surface area contributed by atoms with Crippen molar-refractivity contribution in [3.8, 4) is 5.75 Å². The van der Waals surface area contributed by atoms with Crippen LogP contribution in [0.25, 0.3) is 0 Å². The van der Waals surface area contributed by atoms with E-state index in [0.717, 1.165) is 6.42 Å².